The number of rotatable bonds is 6. The summed E-state index contributed by atoms with van der Waals surface area (Å²) in [5.41, 5.74) is 1.31. The smallest absolute Gasteiger partial charge is 0.191 e. The molecule has 0 aliphatic carbocycles. The highest BCUT2D eigenvalue weighted by Gasteiger charge is 2.10. The van der Waals surface area contributed by atoms with Gasteiger partial charge in [-0.25, -0.2) is 0 Å². The predicted octanol–water partition coefficient (Wildman–Crippen LogP) is 2.52. The lowest BCUT2D eigenvalue weighted by Crippen LogP contribution is -2.38. The maximum absolute atomic E-state index is 4.24. The lowest BCUT2D eigenvalue weighted by atomic mass is 10.3. The summed E-state index contributed by atoms with van der Waals surface area (Å²) in [5, 5.41) is 11.0. The van der Waals surface area contributed by atoms with Gasteiger partial charge in [-0.1, -0.05) is 0 Å². The van der Waals surface area contributed by atoms with Crippen LogP contribution >= 0.6 is 35.3 Å². The van der Waals surface area contributed by atoms with E-state index in [9.17, 15) is 0 Å². The first-order chi connectivity index (χ1) is 9.38. The summed E-state index contributed by atoms with van der Waals surface area (Å²) >= 11 is 1.73. The number of hydrogen-bond donors (Lipinski definition) is 2. The number of nitrogens with one attached hydrogen (secondary N) is 2. The molecular weight excluding hydrogens is 383 g/mol. The molecule has 2 rings (SSSR count). The molecule has 0 atom stereocenters. The molecular formula is C14H25IN4S. The maximum Gasteiger partial charge on any atom is 0.191 e. The van der Waals surface area contributed by atoms with Gasteiger partial charge in [0.1, 0.15) is 0 Å². The average Bonchev–Trinajstić information content (AvgIpc) is 3.11. The van der Waals surface area contributed by atoms with E-state index < -0.39 is 0 Å². The second-order valence-corrected chi connectivity index (χ2v) is 5.67. The molecule has 1 saturated heterocycles. The van der Waals surface area contributed by atoms with Gasteiger partial charge in [-0.2, -0.15) is 11.3 Å². The van der Waals surface area contributed by atoms with Crippen molar-refractivity contribution in [3.63, 3.8) is 0 Å². The molecule has 1 aliphatic rings. The second-order valence-electron chi connectivity index (χ2n) is 4.89. The molecule has 1 fully saturated rings. The van der Waals surface area contributed by atoms with E-state index in [1.165, 1.54) is 44.5 Å². The van der Waals surface area contributed by atoms with E-state index in [0.29, 0.717) is 0 Å². The first-order valence-corrected chi connectivity index (χ1v) is 8.01. The molecule has 6 heteroatoms. The maximum atomic E-state index is 4.24. The van der Waals surface area contributed by atoms with Gasteiger partial charge in [-0.3, -0.25) is 4.99 Å². The van der Waals surface area contributed by atoms with E-state index in [2.05, 4.69) is 37.4 Å². The highest BCUT2D eigenvalue weighted by Crippen LogP contribution is 2.07. The Morgan fingerprint density at radius 1 is 1.35 bits per heavy atom. The number of hydrogen-bond acceptors (Lipinski definition) is 3. The van der Waals surface area contributed by atoms with Crippen molar-refractivity contribution in [3.8, 4) is 0 Å². The lowest BCUT2D eigenvalue weighted by Gasteiger charge is -2.15. The summed E-state index contributed by atoms with van der Waals surface area (Å²) in [6, 6.07) is 2.14. The summed E-state index contributed by atoms with van der Waals surface area (Å²) in [7, 11) is 1.82. The Morgan fingerprint density at radius 2 is 2.15 bits per heavy atom. The van der Waals surface area contributed by atoms with Crippen LogP contribution in [0.4, 0.5) is 0 Å². The zero-order valence-corrected chi connectivity index (χ0v) is 15.2. The van der Waals surface area contributed by atoms with Crippen molar-refractivity contribution in [2.75, 3.05) is 33.2 Å². The average molecular weight is 408 g/mol. The molecule has 2 N–H and O–H groups in total. The van der Waals surface area contributed by atoms with Crippen LogP contribution in [-0.4, -0.2) is 44.1 Å². The van der Waals surface area contributed by atoms with Gasteiger partial charge < -0.3 is 15.5 Å². The minimum atomic E-state index is 0. The number of halogens is 1. The van der Waals surface area contributed by atoms with E-state index in [1.54, 1.807) is 11.3 Å². The predicted molar refractivity (Wildman–Crippen MR) is 98.2 cm³/mol. The number of nitrogens with zero attached hydrogens (tertiary/aromatic N) is 2. The fraction of sp³-hybridized carbons (Fsp3) is 0.643. The molecule has 0 saturated carbocycles. The van der Waals surface area contributed by atoms with Crippen LogP contribution in [0.15, 0.2) is 21.8 Å². The Balaban J connectivity index is 0.00000200. The van der Waals surface area contributed by atoms with Gasteiger partial charge in [0.15, 0.2) is 5.96 Å². The first-order valence-electron chi connectivity index (χ1n) is 7.06. The van der Waals surface area contributed by atoms with Crippen molar-refractivity contribution >= 4 is 41.3 Å². The van der Waals surface area contributed by atoms with Crippen LogP contribution in [-0.2, 0) is 6.54 Å². The molecule has 1 aromatic rings. The molecule has 0 spiro atoms. The third kappa shape index (κ3) is 6.41. The third-order valence-corrected chi connectivity index (χ3v) is 4.14. The molecule has 1 aromatic heterocycles. The van der Waals surface area contributed by atoms with Crippen molar-refractivity contribution < 1.29 is 0 Å². The Kier molecular flexibility index (Phi) is 9.21. The summed E-state index contributed by atoms with van der Waals surface area (Å²) in [6.45, 7) is 5.60. The highest BCUT2D eigenvalue weighted by molar-refractivity contribution is 14.0. The van der Waals surface area contributed by atoms with Crippen LogP contribution in [0, 0.1) is 0 Å². The fourth-order valence-electron chi connectivity index (χ4n) is 2.32. The Morgan fingerprint density at radius 3 is 2.80 bits per heavy atom. The molecule has 0 amide bonds. The van der Waals surface area contributed by atoms with Crippen LogP contribution in [0.5, 0.6) is 0 Å². The normalized spacial score (nSPS) is 15.9. The van der Waals surface area contributed by atoms with Crippen LogP contribution in [0.25, 0.3) is 0 Å². The van der Waals surface area contributed by atoms with Crippen molar-refractivity contribution in [2.24, 2.45) is 4.99 Å². The summed E-state index contributed by atoms with van der Waals surface area (Å²) in [6.07, 6.45) is 3.92. The van der Waals surface area contributed by atoms with Crippen LogP contribution in [0.2, 0.25) is 0 Å². The van der Waals surface area contributed by atoms with E-state index in [0.717, 1.165) is 19.0 Å². The molecule has 0 aromatic carbocycles. The van der Waals surface area contributed by atoms with E-state index in [1.807, 2.05) is 7.05 Å². The van der Waals surface area contributed by atoms with Gasteiger partial charge >= 0.3 is 0 Å². The molecule has 4 nitrogen and oxygen atoms in total. The monoisotopic (exact) mass is 408 g/mol. The highest BCUT2D eigenvalue weighted by atomic mass is 127. The van der Waals surface area contributed by atoms with Crippen molar-refractivity contribution in [2.45, 2.75) is 25.8 Å². The van der Waals surface area contributed by atoms with Gasteiger partial charge in [0.2, 0.25) is 0 Å². The van der Waals surface area contributed by atoms with Gasteiger partial charge in [-0.05, 0) is 61.3 Å². The SMILES string of the molecule is CN=C(NCCCN1CCCC1)NCc1ccsc1.I. The Labute approximate surface area is 143 Å². The fourth-order valence-corrected chi connectivity index (χ4v) is 2.98. The molecule has 0 unspecified atom stereocenters. The number of guanidine groups is 1. The van der Waals surface area contributed by atoms with E-state index in [4.69, 9.17) is 0 Å². The van der Waals surface area contributed by atoms with Crippen molar-refractivity contribution in [1.29, 1.82) is 0 Å². The third-order valence-electron chi connectivity index (χ3n) is 3.41. The van der Waals surface area contributed by atoms with Crippen LogP contribution < -0.4 is 10.6 Å². The van der Waals surface area contributed by atoms with Crippen LogP contribution in [0.3, 0.4) is 0 Å². The molecule has 114 valence electrons. The van der Waals surface area contributed by atoms with E-state index in [-0.39, 0.29) is 24.0 Å². The molecule has 20 heavy (non-hydrogen) atoms. The topological polar surface area (TPSA) is 39.7 Å². The molecule has 1 aliphatic heterocycles. The first kappa shape index (κ1) is 17.7. The summed E-state index contributed by atoms with van der Waals surface area (Å²) in [4.78, 5) is 6.79. The van der Waals surface area contributed by atoms with Crippen molar-refractivity contribution in [3.05, 3.63) is 22.4 Å². The Bertz CT molecular complexity index is 375. The molecule has 0 radical (unpaired) electrons. The number of likely N-dealkylation sites (tertiary alicyclic amines) is 1. The minimum absolute atomic E-state index is 0. The van der Waals surface area contributed by atoms with Crippen LogP contribution in [0.1, 0.15) is 24.8 Å². The lowest BCUT2D eigenvalue weighted by molar-refractivity contribution is 0.334. The van der Waals surface area contributed by atoms with Gasteiger partial charge in [0.25, 0.3) is 0 Å². The quantitative estimate of drug-likeness (QED) is 0.329. The standard InChI is InChI=1S/C14H24N4S.HI/c1-15-14(17-11-13-5-10-19-12-13)16-6-4-9-18-7-2-3-8-18;/h5,10,12H,2-4,6-9,11H2,1H3,(H2,15,16,17);1H. The summed E-state index contributed by atoms with van der Waals surface area (Å²) in [5.74, 6) is 0.896. The van der Waals surface area contributed by atoms with E-state index >= 15 is 0 Å². The van der Waals surface area contributed by atoms with Gasteiger partial charge in [0, 0.05) is 20.1 Å². The second kappa shape index (κ2) is 10.4. The minimum Gasteiger partial charge on any atom is -0.356 e. The van der Waals surface area contributed by atoms with Gasteiger partial charge in [-0.15, -0.1) is 24.0 Å². The number of thiophene rings is 1. The zero-order chi connectivity index (χ0) is 13.3. The van der Waals surface area contributed by atoms with Crippen molar-refractivity contribution in [1.82, 2.24) is 15.5 Å². The molecule has 2 heterocycles. The number of aliphatic imine (C=N–C) groups is 1. The summed E-state index contributed by atoms with van der Waals surface area (Å²) < 4.78 is 0. The van der Waals surface area contributed by atoms with Gasteiger partial charge in [0.05, 0.1) is 0 Å². The molecule has 0 bridgehead atoms. The largest absolute Gasteiger partial charge is 0.356 e. The zero-order valence-electron chi connectivity index (χ0n) is 12.1. The Hall–Kier alpha value is -0.340.